The number of rotatable bonds is 1. The Morgan fingerprint density at radius 2 is 1.73 bits per heavy atom. The predicted octanol–water partition coefficient (Wildman–Crippen LogP) is 2.51. The van der Waals surface area contributed by atoms with Gasteiger partial charge in [0.25, 0.3) is 0 Å². The van der Waals surface area contributed by atoms with Crippen molar-refractivity contribution < 1.29 is 0 Å². The molecule has 0 bridgehead atoms. The van der Waals surface area contributed by atoms with Crippen LogP contribution in [0.3, 0.4) is 0 Å². The fraction of sp³-hybridized carbons (Fsp3) is 0.100. The Kier molecular flexibility index (Phi) is 5.19. The molecule has 0 atom stereocenters. The molecule has 0 saturated heterocycles. The maximum atomic E-state index is 5.79. The van der Waals surface area contributed by atoms with E-state index in [1.54, 1.807) is 4.68 Å². The zero-order valence-electron chi connectivity index (χ0n) is 8.25. The van der Waals surface area contributed by atoms with Gasteiger partial charge in [-0.1, -0.05) is 30.3 Å². The standard InChI is InChI=1S/C10H11N3.2ClH/c1-13-7-9(11)10(12-13)8-5-3-2-4-6-8;;/h2-7H,11H2,1H3;2*1H. The smallest absolute Gasteiger partial charge is 0.115 e. The lowest BCUT2D eigenvalue weighted by Crippen LogP contribution is -1.87. The number of anilines is 1. The van der Waals surface area contributed by atoms with Crippen LogP contribution in [0.4, 0.5) is 5.69 Å². The van der Waals surface area contributed by atoms with E-state index in [-0.39, 0.29) is 24.8 Å². The number of benzene rings is 1. The summed E-state index contributed by atoms with van der Waals surface area (Å²) in [6.07, 6.45) is 1.81. The molecule has 1 aromatic heterocycles. The molecule has 5 heteroatoms. The predicted molar refractivity (Wildman–Crippen MR) is 67.6 cm³/mol. The molecule has 0 aliphatic heterocycles. The van der Waals surface area contributed by atoms with Crippen LogP contribution in [0, 0.1) is 0 Å². The first kappa shape index (κ1) is 13.8. The Morgan fingerprint density at radius 1 is 1.13 bits per heavy atom. The molecule has 82 valence electrons. The van der Waals surface area contributed by atoms with E-state index in [9.17, 15) is 0 Å². The summed E-state index contributed by atoms with van der Waals surface area (Å²) in [7, 11) is 1.86. The monoisotopic (exact) mass is 245 g/mol. The fourth-order valence-electron chi connectivity index (χ4n) is 1.33. The van der Waals surface area contributed by atoms with Crippen molar-refractivity contribution in [2.45, 2.75) is 0 Å². The van der Waals surface area contributed by atoms with Gasteiger partial charge in [-0.3, -0.25) is 4.68 Å². The molecule has 0 spiro atoms. The summed E-state index contributed by atoms with van der Waals surface area (Å²) in [6, 6.07) is 9.92. The number of nitrogen functional groups attached to an aromatic ring is 1. The number of hydrogen-bond acceptors (Lipinski definition) is 2. The Labute approximate surface area is 101 Å². The van der Waals surface area contributed by atoms with Gasteiger partial charge >= 0.3 is 0 Å². The summed E-state index contributed by atoms with van der Waals surface area (Å²) < 4.78 is 1.72. The van der Waals surface area contributed by atoms with Gasteiger partial charge in [-0.15, -0.1) is 24.8 Å². The summed E-state index contributed by atoms with van der Waals surface area (Å²) in [5.74, 6) is 0. The SMILES string of the molecule is Cl.Cl.Cn1cc(N)c(-c2ccccc2)n1. The molecule has 2 aromatic rings. The van der Waals surface area contributed by atoms with Gasteiger partial charge in [-0.05, 0) is 0 Å². The van der Waals surface area contributed by atoms with Crippen LogP contribution in [0.2, 0.25) is 0 Å². The molecule has 1 heterocycles. The normalized spacial score (nSPS) is 8.87. The molecule has 0 unspecified atom stereocenters. The van der Waals surface area contributed by atoms with Gasteiger partial charge in [0.1, 0.15) is 5.69 Å². The quantitative estimate of drug-likeness (QED) is 0.840. The van der Waals surface area contributed by atoms with Crippen LogP contribution in [0.25, 0.3) is 11.3 Å². The Bertz CT molecular complexity index is 412. The third kappa shape index (κ3) is 2.88. The molecule has 2 rings (SSSR count). The number of hydrogen-bond donors (Lipinski definition) is 1. The number of nitrogens with two attached hydrogens (primary N) is 1. The molecule has 0 amide bonds. The Morgan fingerprint density at radius 3 is 2.20 bits per heavy atom. The molecule has 3 nitrogen and oxygen atoms in total. The molecule has 0 saturated carbocycles. The van der Waals surface area contributed by atoms with Crippen molar-refractivity contribution in [3.05, 3.63) is 36.5 Å². The Balaban J connectivity index is 0.000000980. The third-order valence-electron chi connectivity index (χ3n) is 1.90. The van der Waals surface area contributed by atoms with Crippen molar-refractivity contribution in [3.8, 4) is 11.3 Å². The second kappa shape index (κ2) is 5.63. The van der Waals surface area contributed by atoms with Gasteiger partial charge in [0, 0.05) is 18.8 Å². The second-order valence-electron chi connectivity index (χ2n) is 2.97. The van der Waals surface area contributed by atoms with Crippen LogP contribution in [0.1, 0.15) is 0 Å². The minimum Gasteiger partial charge on any atom is -0.396 e. The summed E-state index contributed by atoms with van der Waals surface area (Å²) in [5, 5.41) is 4.27. The van der Waals surface area contributed by atoms with Crippen LogP contribution in [0.15, 0.2) is 36.5 Å². The molecule has 1 aromatic carbocycles. The van der Waals surface area contributed by atoms with Crippen molar-refractivity contribution in [2.24, 2.45) is 7.05 Å². The number of nitrogens with zero attached hydrogens (tertiary/aromatic N) is 2. The first-order chi connectivity index (χ1) is 6.27. The van der Waals surface area contributed by atoms with Gasteiger partial charge in [0.2, 0.25) is 0 Å². The van der Waals surface area contributed by atoms with E-state index in [1.165, 1.54) is 0 Å². The van der Waals surface area contributed by atoms with E-state index < -0.39 is 0 Å². The highest BCUT2D eigenvalue weighted by Gasteiger charge is 2.05. The maximum Gasteiger partial charge on any atom is 0.115 e. The zero-order chi connectivity index (χ0) is 9.26. The van der Waals surface area contributed by atoms with E-state index in [2.05, 4.69) is 5.10 Å². The molecule has 0 aliphatic carbocycles. The highest BCUT2D eigenvalue weighted by molar-refractivity contribution is 5.85. The second-order valence-corrected chi connectivity index (χ2v) is 2.97. The third-order valence-corrected chi connectivity index (χ3v) is 1.90. The van der Waals surface area contributed by atoms with Crippen molar-refractivity contribution >= 4 is 30.5 Å². The van der Waals surface area contributed by atoms with Gasteiger partial charge in [0.05, 0.1) is 5.69 Å². The topological polar surface area (TPSA) is 43.8 Å². The van der Waals surface area contributed by atoms with Crippen molar-refractivity contribution in [3.63, 3.8) is 0 Å². The highest BCUT2D eigenvalue weighted by atomic mass is 35.5. The van der Waals surface area contributed by atoms with Gasteiger partial charge in [0.15, 0.2) is 0 Å². The number of aryl methyl sites for hydroxylation is 1. The first-order valence-electron chi connectivity index (χ1n) is 4.12. The number of aromatic nitrogens is 2. The summed E-state index contributed by atoms with van der Waals surface area (Å²) >= 11 is 0. The highest BCUT2D eigenvalue weighted by Crippen LogP contribution is 2.22. The molecule has 0 radical (unpaired) electrons. The maximum absolute atomic E-state index is 5.79. The fourth-order valence-corrected chi connectivity index (χ4v) is 1.33. The van der Waals surface area contributed by atoms with Crippen LogP contribution >= 0.6 is 24.8 Å². The van der Waals surface area contributed by atoms with Crippen LogP contribution in [0.5, 0.6) is 0 Å². The minimum absolute atomic E-state index is 0. The molecule has 0 fully saturated rings. The summed E-state index contributed by atoms with van der Waals surface area (Å²) in [5.41, 5.74) is 8.41. The largest absolute Gasteiger partial charge is 0.396 e. The summed E-state index contributed by atoms with van der Waals surface area (Å²) in [6.45, 7) is 0. The lowest BCUT2D eigenvalue weighted by Gasteiger charge is -1.96. The zero-order valence-corrected chi connectivity index (χ0v) is 9.89. The Hall–Kier alpha value is -1.19. The van der Waals surface area contributed by atoms with E-state index >= 15 is 0 Å². The molecule has 0 aliphatic rings. The molecular formula is C10H13Cl2N3. The van der Waals surface area contributed by atoms with Gasteiger partial charge < -0.3 is 5.73 Å². The molecular weight excluding hydrogens is 233 g/mol. The van der Waals surface area contributed by atoms with E-state index in [0.717, 1.165) is 11.3 Å². The van der Waals surface area contributed by atoms with Crippen LogP contribution in [-0.2, 0) is 7.05 Å². The van der Waals surface area contributed by atoms with Crippen LogP contribution < -0.4 is 5.73 Å². The van der Waals surface area contributed by atoms with E-state index in [1.807, 2.05) is 43.6 Å². The minimum atomic E-state index is 0. The summed E-state index contributed by atoms with van der Waals surface area (Å²) in [4.78, 5) is 0. The number of halogens is 2. The lowest BCUT2D eigenvalue weighted by atomic mass is 10.1. The van der Waals surface area contributed by atoms with Crippen molar-refractivity contribution in [2.75, 3.05) is 5.73 Å². The van der Waals surface area contributed by atoms with Gasteiger partial charge in [-0.2, -0.15) is 5.10 Å². The molecule has 15 heavy (non-hydrogen) atoms. The van der Waals surface area contributed by atoms with Gasteiger partial charge in [-0.25, -0.2) is 0 Å². The van der Waals surface area contributed by atoms with Crippen LogP contribution in [-0.4, -0.2) is 9.78 Å². The van der Waals surface area contributed by atoms with Crippen molar-refractivity contribution in [1.29, 1.82) is 0 Å². The average Bonchev–Trinajstić information content (AvgIpc) is 2.47. The van der Waals surface area contributed by atoms with E-state index in [4.69, 9.17) is 5.73 Å². The average molecular weight is 246 g/mol. The first-order valence-corrected chi connectivity index (χ1v) is 4.12. The van der Waals surface area contributed by atoms with E-state index in [0.29, 0.717) is 5.69 Å². The molecule has 2 N–H and O–H groups in total. The lowest BCUT2D eigenvalue weighted by molar-refractivity contribution is 0.771. The van der Waals surface area contributed by atoms with Crippen molar-refractivity contribution in [1.82, 2.24) is 9.78 Å².